The summed E-state index contributed by atoms with van der Waals surface area (Å²) >= 11 is 0. The van der Waals surface area contributed by atoms with Crippen LogP contribution in [0.3, 0.4) is 0 Å². The van der Waals surface area contributed by atoms with Crippen molar-refractivity contribution in [1.29, 1.82) is 0 Å². The molecular weight excluding hydrogens is 416 g/mol. The summed E-state index contributed by atoms with van der Waals surface area (Å²) in [6.07, 6.45) is 0.757. The summed E-state index contributed by atoms with van der Waals surface area (Å²) in [5.74, 6) is 1.36. The van der Waals surface area contributed by atoms with Gasteiger partial charge in [-0.3, -0.25) is 4.79 Å². The third kappa shape index (κ3) is 4.55. The van der Waals surface area contributed by atoms with E-state index in [1.165, 1.54) is 15.9 Å². The van der Waals surface area contributed by atoms with E-state index < -0.39 is 10.0 Å². The first-order valence-electron chi connectivity index (χ1n) is 10.7. The molecule has 2 aliphatic rings. The van der Waals surface area contributed by atoms with Crippen LogP contribution < -0.4 is 9.47 Å². The van der Waals surface area contributed by atoms with Crippen LogP contribution in [0, 0.1) is 0 Å². The van der Waals surface area contributed by atoms with E-state index in [0.717, 1.165) is 6.42 Å². The number of fused-ring (bicyclic) bond motifs is 1. The van der Waals surface area contributed by atoms with Crippen LogP contribution in [0.4, 0.5) is 0 Å². The maximum Gasteiger partial charge on any atom is 0.253 e. The third-order valence-electron chi connectivity index (χ3n) is 5.71. The molecule has 1 fully saturated rings. The van der Waals surface area contributed by atoms with Gasteiger partial charge < -0.3 is 14.4 Å². The number of sulfonamides is 1. The molecule has 2 heterocycles. The molecule has 7 nitrogen and oxygen atoms in total. The molecular formula is C23H28N2O5S. The van der Waals surface area contributed by atoms with Crippen LogP contribution >= 0.6 is 0 Å². The van der Waals surface area contributed by atoms with E-state index in [2.05, 4.69) is 13.8 Å². The molecule has 0 unspecified atom stereocenters. The summed E-state index contributed by atoms with van der Waals surface area (Å²) in [5.41, 5.74) is 1.81. The Kier molecular flexibility index (Phi) is 6.20. The Labute approximate surface area is 183 Å². The van der Waals surface area contributed by atoms with Gasteiger partial charge in [-0.1, -0.05) is 26.0 Å². The van der Waals surface area contributed by atoms with Gasteiger partial charge in [0, 0.05) is 44.2 Å². The Morgan fingerprint density at radius 3 is 2.19 bits per heavy atom. The maximum atomic E-state index is 13.1. The van der Waals surface area contributed by atoms with Gasteiger partial charge >= 0.3 is 0 Å². The third-order valence-corrected chi connectivity index (χ3v) is 7.60. The summed E-state index contributed by atoms with van der Waals surface area (Å²) in [4.78, 5) is 14.7. The highest BCUT2D eigenvalue weighted by atomic mass is 32.2. The monoisotopic (exact) mass is 444 g/mol. The van der Waals surface area contributed by atoms with E-state index in [-0.39, 0.29) is 23.9 Å². The number of ether oxygens (including phenoxy) is 2. The fraction of sp³-hybridized carbons (Fsp3) is 0.435. The molecule has 4 rings (SSSR count). The van der Waals surface area contributed by atoms with Crippen LogP contribution in [0.1, 0.15) is 42.1 Å². The van der Waals surface area contributed by atoms with Crippen molar-refractivity contribution in [3.63, 3.8) is 0 Å². The van der Waals surface area contributed by atoms with Crippen molar-refractivity contribution in [3.05, 3.63) is 53.6 Å². The number of nitrogens with zero attached hydrogens (tertiary/aromatic N) is 2. The van der Waals surface area contributed by atoms with Gasteiger partial charge in [-0.15, -0.1) is 0 Å². The van der Waals surface area contributed by atoms with Gasteiger partial charge in [-0.05, 0) is 35.7 Å². The number of benzene rings is 2. The molecule has 0 atom stereocenters. The van der Waals surface area contributed by atoms with Crippen molar-refractivity contribution in [2.24, 2.45) is 0 Å². The number of hydrogen-bond acceptors (Lipinski definition) is 5. The maximum absolute atomic E-state index is 13.1. The molecule has 2 aromatic carbocycles. The zero-order valence-electron chi connectivity index (χ0n) is 17.9. The summed E-state index contributed by atoms with van der Waals surface area (Å²) < 4.78 is 38.9. The van der Waals surface area contributed by atoms with Crippen molar-refractivity contribution >= 4 is 15.9 Å². The number of piperazine rings is 1. The van der Waals surface area contributed by atoms with Gasteiger partial charge in [0.2, 0.25) is 10.0 Å². The normalized spacial score (nSPS) is 17.5. The van der Waals surface area contributed by atoms with Crippen molar-refractivity contribution in [2.45, 2.75) is 31.1 Å². The lowest BCUT2D eigenvalue weighted by Gasteiger charge is -2.34. The molecule has 2 aromatic rings. The average molecular weight is 445 g/mol. The van der Waals surface area contributed by atoms with Crippen LogP contribution in [0.25, 0.3) is 0 Å². The van der Waals surface area contributed by atoms with E-state index in [1.807, 2.05) is 24.3 Å². The van der Waals surface area contributed by atoms with E-state index in [9.17, 15) is 13.2 Å². The van der Waals surface area contributed by atoms with E-state index in [0.29, 0.717) is 49.3 Å². The summed E-state index contributed by atoms with van der Waals surface area (Å²) in [6.45, 7) is 6.49. The number of hydrogen-bond donors (Lipinski definition) is 0. The SMILES string of the molecule is CC(C)c1ccc(C(=O)N2CCN(S(=O)(=O)c3ccc4c(c3)OCCCO4)CC2)cc1. The fourth-order valence-electron chi connectivity index (χ4n) is 3.78. The highest BCUT2D eigenvalue weighted by Gasteiger charge is 2.31. The van der Waals surface area contributed by atoms with E-state index >= 15 is 0 Å². The van der Waals surface area contributed by atoms with Crippen molar-refractivity contribution < 1.29 is 22.7 Å². The lowest BCUT2D eigenvalue weighted by atomic mass is 10.0. The van der Waals surface area contributed by atoms with Gasteiger partial charge in [0.15, 0.2) is 11.5 Å². The summed E-state index contributed by atoms with van der Waals surface area (Å²) in [7, 11) is -3.68. The number of rotatable bonds is 4. The zero-order valence-corrected chi connectivity index (χ0v) is 18.7. The van der Waals surface area contributed by atoms with Crippen LogP contribution in [0.2, 0.25) is 0 Å². The Bertz CT molecular complexity index is 1040. The van der Waals surface area contributed by atoms with Gasteiger partial charge in [-0.2, -0.15) is 4.31 Å². The lowest BCUT2D eigenvalue weighted by molar-refractivity contribution is 0.0698. The topological polar surface area (TPSA) is 76.2 Å². The molecule has 31 heavy (non-hydrogen) atoms. The zero-order chi connectivity index (χ0) is 22.0. The van der Waals surface area contributed by atoms with E-state index in [1.54, 1.807) is 17.0 Å². The minimum absolute atomic E-state index is 0.0667. The second-order valence-corrected chi connectivity index (χ2v) is 10.1. The largest absolute Gasteiger partial charge is 0.490 e. The van der Waals surface area contributed by atoms with Crippen LogP contribution in [0.15, 0.2) is 47.4 Å². The summed E-state index contributed by atoms with van der Waals surface area (Å²) in [5, 5.41) is 0. The highest BCUT2D eigenvalue weighted by molar-refractivity contribution is 7.89. The molecule has 2 aliphatic heterocycles. The van der Waals surface area contributed by atoms with E-state index in [4.69, 9.17) is 9.47 Å². The van der Waals surface area contributed by atoms with Crippen molar-refractivity contribution in [2.75, 3.05) is 39.4 Å². The first-order valence-corrected chi connectivity index (χ1v) is 12.1. The van der Waals surface area contributed by atoms with Gasteiger partial charge in [-0.25, -0.2) is 8.42 Å². The molecule has 0 bridgehead atoms. The van der Waals surface area contributed by atoms with Crippen molar-refractivity contribution in [1.82, 2.24) is 9.21 Å². The summed E-state index contributed by atoms with van der Waals surface area (Å²) in [6, 6.07) is 12.4. The molecule has 0 N–H and O–H groups in total. The molecule has 0 spiro atoms. The second kappa shape index (κ2) is 8.88. The minimum atomic E-state index is -3.68. The lowest BCUT2D eigenvalue weighted by Crippen LogP contribution is -2.50. The molecule has 0 saturated carbocycles. The average Bonchev–Trinajstić information content (AvgIpc) is 3.03. The molecule has 8 heteroatoms. The smallest absolute Gasteiger partial charge is 0.253 e. The number of carbonyl (C=O) groups is 1. The van der Waals surface area contributed by atoms with Crippen molar-refractivity contribution in [3.8, 4) is 11.5 Å². The molecule has 0 aliphatic carbocycles. The van der Waals surface area contributed by atoms with Gasteiger partial charge in [0.25, 0.3) is 5.91 Å². The first kappa shape index (κ1) is 21.6. The molecule has 166 valence electrons. The van der Waals surface area contributed by atoms with Crippen LogP contribution in [0.5, 0.6) is 11.5 Å². The van der Waals surface area contributed by atoms with Gasteiger partial charge in [0.1, 0.15) is 0 Å². The Balaban J connectivity index is 1.43. The van der Waals surface area contributed by atoms with Gasteiger partial charge in [0.05, 0.1) is 18.1 Å². The molecule has 0 aromatic heterocycles. The first-order chi connectivity index (χ1) is 14.9. The minimum Gasteiger partial charge on any atom is -0.490 e. The molecule has 0 radical (unpaired) electrons. The van der Waals surface area contributed by atoms with Crippen LogP contribution in [-0.2, 0) is 10.0 Å². The Morgan fingerprint density at radius 1 is 0.903 bits per heavy atom. The Hall–Kier alpha value is -2.58. The quantitative estimate of drug-likeness (QED) is 0.724. The number of carbonyl (C=O) groups excluding carboxylic acids is 1. The predicted octanol–water partition coefficient (Wildman–Crippen LogP) is 3.12. The number of amides is 1. The van der Waals surface area contributed by atoms with Crippen LogP contribution in [-0.4, -0.2) is 62.9 Å². The Morgan fingerprint density at radius 2 is 1.55 bits per heavy atom. The predicted molar refractivity (Wildman–Crippen MR) is 117 cm³/mol. The molecule has 1 amide bonds. The second-order valence-electron chi connectivity index (χ2n) is 8.13. The standard InChI is InChI=1S/C23H28N2O5S/c1-17(2)18-4-6-19(7-5-18)23(26)24-10-12-25(13-11-24)31(27,28)20-8-9-21-22(16-20)30-15-3-14-29-21/h4-9,16-17H,3,10-15H2,1-2H3. The fourth-order valence-corrected chi connectivity index (χ4v) is 5.22. The highest BCUT2D eigenvalue weighted by Crippen LogP contribution is 2.33. The molecule has 1 saturated heterocycles.